The molecule has 4 unspecified atom stereocenters. The second kappa shape index (κ2) is 9.36. The summed E-state index contributed by atoms with van der Waals surface area (Å²) in [5.74, 6) is 7.42. The van der Waals surface area contributed by atoms with Gasteiger partial charge in [-0.3, -0.25) is 0 Å². The molecule has 4 atom stereocenters. The van der Waals surface area contributed by atoms with Gasteiger partial charge < -0.3 is 0 Å². The molecule has 0 saturated heterocycles. The predicted molar refractivity (Wildman–Crippen MR) is 120 cm³/mol. The van der Waals surface area contributed by atoms with E-state index in [-0.39, 0.29) is 5.56 Å². The SMILES string of the molecule is C/C=C/C1CCC2CC(c3ccc(C#Cc4cc(F)c(Cl)c(F)c4)cc3)CCC2C1. The Hall–Kier alpha value is -2.11. The first-order valence-corrected chi connectivity index (χ1v) is 11.3. The van der Waals surface area contributed by atoms with Gasteiger partial charge in [-0.15, -0.1) is 0 Å². The highest BCUT2D eigenvalue weighted by molar-refractivity contribution is 6.30. The lowest BCUT2D eigenvalue weighted by molar-refractivity contribution is 0.133. The average Bonchev–Trinajstić information content (AvgIpc) is 2.76. The van der Waals surface area contributed by atoms with E-state index in [9.17, 15) is 8.78 Å². The zero-order valence-electron chi connectivity index (χ0n) is 17.3. The molecule has 2 aromatic rings. The number of hydrogen-bond acceptors (Lipinski definition) is 0. The number of allylic oxidation sites excluding steroid dienone is 2. The largest absolute Gasteiger partial charge is 0.205 e. The maximum absolute atomic E-state index is 13.6. The van der Waals surface area contributed by atoms with E-state index in [0.717, 1.165) is 35.4 Å². The second-order valence-corrected chi connectivity index (χ2v) is 9.13. The molecule has 30 heavy (non-hydrogen) atoms. The Morgan fingerprint density at radius 1 is 0.867 bits per heavy atom. The van der Waals surface area contributed by atoms with Gasteiger partial charge in [0, 0.05) is 11.1 Å². The Bertz CT molecular complexity index is 957. The van der Waals surface area contributed by atoms with E-state index in [2.05, 4.69) is 43.0 Å². The number of halogens is 3. The van der Waals surface area contributed by atoms with Crippen LogP contribution < -0.4 is 0 Å². The molecular weight excluding hydrogens is 398 g/mol. The van der Waals surface area contributed by atoms with Gasteiger partial charge in [0.05, 0.1) is 0 Å². The van der Waals surface area contributed by atoms with E-state index in [1.54, 1.807) is 0 Å². The summed E-state index contributed by atoms with van der Waals surface area (Å²) >= 11 is 5.52. The van der Waals surface area contributed by atoms with Crippen LogP contribution in [0.2, 0.25) is 5.02 Å². The van der Waals surface area contributed by atoms with Gasteiger partial charge in [-0.25, -0.2) is 8.78 Å². The Balaban J connectivity index is 1.40. The molecule has 0 aromatic heterocycles. The molecule has 0 amide bonds. The van der Waals surface area contributed by atoms with Crippen molar-refractivity contribution in [2.75, 3.05) is 0 Å². The van der Waals surface area contributed by atoms with Crippen molar-refractivity contribution >= 4 is 11.6 Å². The van der Waals surface area contributed by atoms with Gasteiger partial charge in [0.1, 0.15) is 16.7 Å². The summed E-state index contributed by atoms with van der Waals surface area (Å²) in [5, 5.41) is -0.491. The van der Waals surface area contributed by atoms with Gasteiger partial charge in [0.15, 0.2) is 0 Å². The maximum atomic E-state index is 13.6. The smallest absolute Gasteiger partial charge is 0.146 e. The van der Waals surface area contributed by atoms with Crippen LogP contribution in [0.3, 0.4) is 0 Å². The minimum Gasteiger partial charge on any atom is -0.205 e. The molecule has 0 nitrogen and oxygen atoms in total. The summed E-state index contributed by atoms with van der Waals surface area (Å²) in [5.41, 5.74) is 2.51. The topological polar surface area (TPSA) is 0 Å². The summed E-state index contributed by atoms with van der Waals surface area (Å²) in [6.07, 6.45) is 12.5. The summed E-state index contributed by atoms with van der Waals surface area (Å²) in [7, 11) is 0. The van der Waals surface area contributed by atoms with Crippen molar-refractivity contribution in [3.63, 3.8) is 0 Å². The molecule has 156 valence electrons. The Kier molecular flexibility index (Phi) is 6.59. The average molecular weight is 425 g/mol. The van der Waals surface area contributed by atoms with E-state index >= 15 is 0 Å². The van der Waals surface area contributed by atoms with Gasteiger partial charge in [0.2, 0.25) is 0 Å². The number of benzene rings is 2. The first kappa shape index (κ1) is 21.1. The number of rotatable bonds is 2. The zero-order chi connectivity index (χ0) is 21.1. The fourth-order valence-corrected chi connectivity index (χ4v) is 5.39. The number of fused-ring (bicyclic) bond motifs is 1. The number of hydrogen-bond donors (Lipinski definition) is 0. The van der Waals surface area contributed by atoms with E-state index in [0.29, 0.717) is 5.92 Å². The highest BCUT2D eigenvalue weighted by Gasteiger charge is 2.35. The van der Waals surface area contributed by atoms with Gasteiger partial charge in [0.25, 0.3) is 0 Å². The third-order valence-electron chi connectivity index (χ3n) is 6.84. The molecule has 2 fully saturated rings. The van der Waals surface area contributed by atoms with E-state index in [1.165, 1.54) is 44.1 Å². The molecule has 0 heterocycles. The monoisotopic (exact) mass is 424 g/mol. The Morgan fingerprint density at radius 2 is 1.50 bits per heavy atom. The van der Waals surface area contributed by atoms with Crippen molar-refractivity contribution in [2.24, 2.45) is 17.8 Å². The molecule has 4 rings (SSSR count). The van der Waals surface area contributed by atoms with Gasteiger partial charge in [-0.2, -0.15) is 0 Å². The van der Waals surface area contributed by atoms with Gasteiger partial charge in [-0.05, 0) is 98.9 Å². The minimum atomic E-state index is -0.785. The molecule has 0 bridgehead atoms. The van der Waals surface area contributed by atoms with E-state index in [1.807, 2.05) is 12.1 Å². The lowest BCUT2D eigenvalue weighted by atomic mass is 9.64. The summed E-state index contributed by atoms with van der Waals surface area (Å²) in [6, 6.07) is 10.7. The molecule has 0 radical (unpaired) electrons. The van der Waals surface area contributed by atoms with Crippen LogP contribution in [0.25, 0.3) is 0 Å². The first-order valence-electron chi connectivity index (χ1n) is 10.9. The molecule has 0 N–H and O–H groups in total. The van der Waals surface area contributed by atoms with Crippen LogP contribution in [-0.4, -0.2) is 0 Å². The summed E-state index contributed by atoms with van der Waals surface area (Å²) in [4.78, 5) is 0. The van der Waals surface area contributed by atoms with Crippen LogP contribution in [0.1, 0.15) is 68.1 Å². The van der Waals surface area contributed by atoms with Crippen molar-refractivity contribution in [3.05, 3.63) is 81.9 Å². The third kappa shape index (κ3) is 4.79. The van der Waals surface area contributed by atoms with Crippen LogP contribution in [-0.2, 0) is 0 Å². The fourth-order valence-electron chi connectivity index (χ4n) is 5.29. The summed E-state index contributed by atoms with van der Waals surface area (Å²) < 4.78 is 27.1. The normalized spacial score (nSPS) is 26.1. The van der Waals surface area contributed by atoms with Crippen LogP contribution >= 0.6 is 11.6 Å². The van der Waals surface area contributed by atoms with Gasteiger partial charge in [-0.1, -0.05) is 47.7 Å². The lowest BCUT2D eigenvalue weighted by Crippen LogP contribution is -2.30. The van der Waals surface area contributed by atoms with Crippen LogP contribution in [0, 0.1) is 41.2 Å². The van der Waals surface area contributed by atoms with Crippen LogP contribution in [0.5, 0.6) is 0 Å². The van der Waals surface area contributed by atoms with Crippen molar-refractivity contribution in [3.8, 4) is 11.8 Å². The van der Waals surface area contributed by atoms with Gasteiger partial charge >= 0.3 is 0 Å². The zero-order valence-corrected chi connectivity index (χ0v) is 18.1. The quantitative estimate of drug-likeness (QED) is 0.261. The molecule has 3 heteroatoms. The predicted octanol–water partition coefficient (Wildman–Crippen LogP) is 7.89. The molecule has 2 aromatic carbocycles. The Labute approximate surface area is 183 Å². The van der Waals surface area contributed by atoms with Crippen molar-refractivity contribution in [2.45, 2.75) is 51.4 Å². The van der Waals surface area contributed by atoms with Crippen molar-refractivity contribution in [1.82, 2.24) is 0 Å². The highest BCUT2D eigenvalue weighted by atomic mass is 35.5. The minimum absolute atomic E-state index is 0.283. The third-order valence-corrected chi connectivity index (χ3v) is 7.20. The molecular formula is C27H27ClF2. The van der Waals surface area contributed by atoms with E-state index < -0.39 is 16.7 Å². The first-order chi connectivity index (χ1) is 14.5. The van der Waals surface area contributed by atoms with Crippen molar-refractivity contribution < 1.29 is 8.78 Å². The van der Waals surface area contributed by atoms with Crippen LogP contribution in [0.15, 0.2) is 48.6 Å². The van der Waals surface area contributed by atoms with E-state index in [4.69, 9.17) is 11.6 Å². The van der Waals surface area contributed by atoms with Crippen LogP contribution in [0.4, 0.5) is 8.78 Å². The molecule has 0 aliphatic heterocycles. The lowest BCUT2D eigenvalue weighted by Gasteiger charge is -2.41. The second-order valence-electron chi connectivity index (χ2n) is 8.75. The van der Waals surface area contributed by atoms with Crippen molar-refractivity contribution in [1.29, 1.82) is 0 Å². The standard InChI is InChI=1S/C27H27ClF2/c1-2-3-19-8-11-24-17-23(13-12-22(24)14-19)21-9-6-18(7-10-21)4-5-20-15-25(29)27(28)26(30)16-20/h2-3,6-7,9-10,15-16,19,22-24H,8,11-14,17H2,1H3/b3-2+. The summed E-state index contributed by atoms with van der Waals surface area (Å²) in [6.45, 7) is 2.13. The molecule has 0 spiro atoms. The molecule has 2 saturated carbocycles. The maximum Gasteiger partial charge on any atom is 0.146 e. The fraction of sp³-hybridized carbons (Fsp3) is 0.407. The Morgan fingerprint density at radius 3 is 2.20 bits per heavy atom. The highest BCUT2D eigenvalue weighted by Crippen LogP contribution is 2.47. The molecule has 2 aliphatic rings. The molecule has 2 aliphatic carbocycles.